The standard InChI is InChI=1S/C10H18N2/c1-4-6-7-8-12(5-2)10(3)9-11/h3-8H2,1-2H3. The van der Waals surface area contributed by atoms with Crippen LogP contribution in [0.3, 0.4) is 0 Å². The van der Waals surface area contributed by atoms with Gasteiger partial charge in [-0.15, -0.1) is 0 Å². The van der Waals surface area contributed by atoms with Crippen LogP contribution in [-0.2, 0) is 0 Å². The lowest BCUT2D eigenvalue weighted by Crippen LogP contribution is -2.22. The fourth-order valence-electron chi connectivity index (χ4n) is 1.11. The molecule has 0 fully saturated rings. The number of nitriles is 1. The van der Waals surface area contributed by atoms with Crippen LogP contribution in [0.4, 0.5) is 0 Å². The van der Waals surface area contributed by atoms with Crippen molar-refractivity contribution < 1.29 is 0 Å². The molecule has 0 bridgehead atoms. The first-order valence-electron chi connectivity index (χ1n) is 4.60. The van der Waals surface area contributed by atoms with Gasteiger partial charge < -0.3 is 4.90 Å². The van der Waals surface area contributed by atoms with Crippen molar-refractivity contribution in [1.82, 2.24) is 4.90 Å². The number of unbranched alkanes of at least 4 members (excludes halogenated alkanes) is 2. The first-order valence-corrected chi connectivity index (χ1v) is 4.60. The van der Waals surface area contributed by atoms with Gasteiger partial charge in [0.05, 0.1) is 0 Å². The summed E-state index contributed by atoms with van der Waals surface area (Å²) in [6, 6.07) is 2.07. The SMILES string of the molecule is C=C(C#N)N(CC)CCCCC. The number of allylic oxidation sites excluding steroid dienone is 1. The minimum atomic E-state index is 0.591. The number of rotatable bonds is 6. The maximum Gasteiger partial charge on any atom is 0.116 e. The van der Waals surface area contributed by atoms with Crippen LogP contribution in [0.5, 0.6) is 0 Å². The molecule has 0 aromatic heterocycles. The molecule has 0 aromatic carbocycles. The molecule has 68 valence electrons. The smallest absolute Gasteiger partial charge is 0.116 e. The highest BCUT2D eigenvalue weighted by Crippen LogP contribution is 2.03. The van der Waals surface area contributed by atoms with Crippen molar-refractivity contribution in [2.45, 2.75) is 33.1 Å². The van der Waals surface area contributed by atoms with Crippen LogP contribution in [-0.4, -0.2) is 18.0 Å². The van der Waals surface area contributed by atoms with Crippen LogP contribution in [0, 0.1) is 11.3 Å². The summed E-state index contributed by atoms with van der Waals surface area (Å²) in [6.07, 6.45) is 3.61. The Morgan fingerprint density at radius 3 is 2.50 bits per heavy atom. The van der Waals surface area contributed by atoms with Gasteiger partial charge in [0.1, 0.15) is 11.8 Å². The zero-order valence-corrected chi connectivity index (χ0v) is 8.14. The molecule has 12 heavy (non-hydrogen) atoms. The second-order valence-electron chi connectivity index (χ2n) is 2.85. The number of hydrogen-bond acceptors (Lipinski definition) is 2. The summed E-state index contributed by atoms with van der Waals surface area (Å²) in [6.45, 7) is 9.77. The van der Waals surface area contributed by atoms with Crippen LogP contribution < -0.4 is 0 Å². The van der Waals surface area contributed by atoms with Gasteiger partial charge in [-0.2, -0.15) is 5.26 Å². The van der Waals surface area contributed by atoms with Crippen LogP contribution in [0.2, 0.25) is 0 Å². The maximum atomic E-state index is 8.60. The molecular formula is C10H18N2. The minimum absolute atomic E-state index is 0.591. The van der Waals surface area contributed by atoms with E-state index in [0.29, 0.717) is 5.70 Å². The molecule has 0 amide bonds. The average molecular weight is 166 g/mol. The van der Waals surface area contributed by atoms with Crippen molar-refractivity contribution in [3.63, 3.8) is 0 Å². The minimum Gasteiger partial charge on any atom is -0.364 e. The predicted molar refractivity (Wildman–Crippen MR) is 51.5 cm³/mol. The fraction of sp³-hybridized carbons (Fsp3) is 0.700. The average Bonchev–Trinajstić information content (AvgIpc) is 2.11. The lowest BCUT2D eigenvalue weighted by molar-refractivity contribution is 0.365. The summed E-state index contributed by atoms with van der Waals surface area (Å²) in [4.78, 5) is 2.02. The van der Waals surface area contributed by atoms with E-state index >= 15 is 0 Å². The molecule has 0 rings (SSSR count). The zero-order valence-electron chi connectivity index (χ0n) is 8.14. The third kappa shape index (κ3) is 4.02. The van der Waals surface area contributed by atoms with Gasteiger partial charge in [0.15, 0.2) is 0 Å². The first kappa shape index (κ1) is 11.0. The van der Waals surface area contributed by atoms with Crippen molar-refractivity contribution in [2.75, 3.05) is 13.1 Å². The Balaban J connectivity index is 3.69. The van der Waals surface area contributed by atoms with Crippen molar-refractivity contribution in [1.29, 1.82) is 5.26 Å². The molecule has 0 saturated heterocycles. The molecule has 0 spiro atoms. The summed E-state index contributed by atoms with van der Waals surface area (Å²) in [7, 11) is 0. The molecule has 0 aromatic rings. The zero-order chi connectivity index (χ0) is 9.40. The normalized spacial score (nSPS) is 9.08. The lowest BCUT2D eigenvalue weighted by Gasteiger charge is -2.20. The van der Waals surface area contributed by atoms with Crippen molar-refractivity contribution in [2.24, 2.45) is 0 Å². The van der Waals surface area contributed by atoms with E-state index in [-0.39, 0.29) is 0 Å². The van der Waals surface area contributed by atoms with E-state index < -0.39 is 0 Å². The Morgan fingerprint density at radius 1 is 1.42 bits per heavy atom. The van der Waals surface area contributed by atoms with E-state index in [2.05, 4.69) is 26.5 Å². The molecule has 0 heterocycles. The van der Waals surface area contributed by atoms with Gasteiger partial charge in [-0.25, -0.2) is 0 Å². The van der Waals surface area contributed by atoms with Gasteiger partial charge in [0.25, 0.3) is 0 Å². The van der Waals surface area contributed by atoms with Gasteiger partial charge in [-0.1, -0.05) is 26.3 Å². The Kier molecular flexibility index (Phi) is 6.18. The summed E-state index contributed by atoms with van der Waals surface area (Å²) >= 11 is 0. The van der Waals surface area contributed by atoms with E-state index in [1.165, 1.54) is 12.8 Å². The highest BCUT2D eigenvalue weighted by atomic mass is 15.1. The van der Waals surface area contributed by atoms with Crippen LogP contribution >= 0.6 is 0 Å². The number of hydrogen-bond donors (Lipinski definition) is 0. The Hall–Kier alpha value is -0.970. The van der Waals surface area contributed by atoms with Gasteiger partial charge in [-0.05, 0) is 13.3 Å². The van der Waals surface area contributed by atoms with E-state index in [4.69, 9.17) is 5.26 Å². The molecule has 2 heteroatoms. The Labute approximate surface area is 75.5 Å². The van der Waals surface area contributed by atoms with Crippen molar-refractivity contribution in [3.8, 4) is 6.07 Å². The van der Waals surface area contributed by atoms with E-state index in [0.717, 1.165) is 19.5 Å². The predicted octanol–water partition coefficient (Wildman–Crippen LogP) is 2.54. The third-order valence-electron chi connectivity index (χ3n) is 1.92. The molecule has 0 N–H and O–H groups in total. The summed E-state index contributed by atoms with van der Waals surface area (Å²) in [5.74, 6) is 0. The fourth-order valence-corrected chi connectivity index (χ4v) is 1.11. The van der Waals surface area contributed by atoms with Crippen molar-refractivity contribution in [3.05, 3.63) is 12.3 Å². The molecule has 2 nitrogen and oxygen atoms in total. The molecule has 0 radical (unpaired) electrons. The van der Waals surface area contributed by atoms with Gasteiger partial charge in [-0.3, -0.25) is 0 Å². The molecule has 0 unspecified atom stereocenters. The van der Waals surface area contributed by atoms with Gasteiger partial charge in [0, 0.05) is 13.1 Å². The van der Waals surface area contributed by atoms with E-state index in [9.17, 15) is 0 Å². The van der Waals surface area contributed by atoms with Gasteiger partial charge >= 0.3 is 0 Å². The maximum absolute atomic E-state index is 8.60. The molecule has 0 aliphatic carbocycles. The highest BCUT2D eigenvalue weighted by molar-refractivity contribution is 5.14. The number of nitrogens with zero attached hydrogens (tertiary/aromatic N) is 2. The second-order valence-corrected chi connectivity index (χ2v) is 2.85. The monoisotopic (exact) mass is 166 g/mol. The molecular weight excluding hydrogens is 148 g/mol. The topological polar surface area (TPSA) is 27.0 Å². The second kappa shape index (κ2) is 6.72. The summed E-state index contributed by atoms with van der Waals surface area (Å²) in [5, 5.41) is 8.60. The third-order valence-corrected chi connectivity index (χ3v) is 1.92. The lowest BCUT2D eigenvalue weighted by atomic mass is 10.2. The van der Waals surface area contributed by atoms with Crippen LogP contribution in [0.1, 0.15) is 33.1 Å². The largest absolute Gasteiger partial charge is 0.364 e. The van der Waals surface area contributed by atoms with Gasteiger partial charge in [0.2, 0.25) is 0 Å². The molecule has 0 saturated carbocycles. The van der Waals surface area contributed by atoms with Crippen molar-refractivity contribution >= 4 is 0 Å². The molecule has 0 aliphatic heterocycles. The van der Waals surface area contributed by atoms with Crippen LogP contribution in [0.15, 0.2) is 12.3 Å². The molecule has 0 aliphatic rings. The quantitative estimate of drug-likeness (QED) is 0.448. The van der Waals surface area contributed by atoms with E-state index in [1.54, 1.807) is 0 Å². The summed E-state index contributed by atoms with van der Waals surface area (Å²) < 4.78 is 0. The summed E-state index contributed by atoms with van der Waals surface area (Å²) in [5.41, 5.74) is 0.591. The Bertz CT molecular complexity index is 167. The first-order chi connectivity index (χ1) is 5.76. The Morgan fingerprint density at radius 2 is 2.08 bits per heavy atom. The van der Waals surface area contributed by atoms with E-state index in [1.807, 2.05) is 4.90 Å². The highest BCUT2D eigenvalue weighted by Gasteiger charge is 2.02. The molecule has 0 atom stereocenters. The van der Waals surface area contributed by atoms with Crippen LogP contribution in [0.25, 0.3) is 0 Å².